The highest BCUT2D eigenvalue weighted by atomic mass is 16.5. The van der Waals surface area contributed by atoms with Crippen LogP contribution in [0.3, 0.4) is 0 Å². The molecule has 1 atom stereocenters. The van der Waals surface area contributed by atoms with E-state index >= 15 is 0 Å². The molecule has 1 N–H and O–H groups in total. The van der Waals surface area contributed by atoms with Gasteiger partial charge in [0.15, 0.2) is 17.1 Å². The average molecular weight is 411 g/mol. The predicted molar refractivity (Wildman–Crippen MR) is 113 cm³/mol. The fraction of sp³-hybridized carbons (Fsp3) is 0.364. The highest BCUT2D eigenvalue weighted by Gasteiger charge is 2.29. The van der Waals surface area contributed by atoms with Crippen LogP contribution in [-0.2, 0) is 0 Å². The van der Waals surface area contributed by atoms with E-state index in [0.29, 0.717) is 35.4 Å². The number of methoxy groups -OCH3 is 3. The minimum absolute atomic E-state index is 0.105. The Balaban J connectivity index is 1.49. The molecule has 0 bridgehead atoms. The van der Waals surface area contributed by atoms with Gasteiger partial charge in [-0.2, -0.15) is 4.98 Å². The first-order valence-corrected chi connectivity index (χ1v) is 9.85. The minimum Gasteiger partial charge on any atom is -0.493 e. The molecule has 1 aliphatic heterocycles. The van der Waals surface area contributed by atoms with Gasteiger partial charge >= 0.3 is 0 Å². The molecule has 1 saturated heterocycles. The molecule has 2 aromatic carbocycles. The summed E-state index contributed by atoms with van der Waals surface area (Å²) in [4.78, 5) is 19.6. The summed E-state index contributed by atoms with van der Waals surface area (Å²) >= 11 is 0. The van der Waals surface area contributed by atoms with Crippen LogP contribution in [-0.4, -0.2) is 51.4 Å². The Morgan fingerprint density at radius 1 is 1.13 bits per heavy atom. The van der Waals surface area contributed by atoms with Gasteiger partial charge in [0.2, 0.25) is 5.75 Å². The largest absolute Gasteiger partial charge is 0.493 e. The van der Waals surface area contributed by atoms with Crippen molar-refractivity contribution >= 4 is 23.0 Å². The number of oxazole rings is 1. The number of nitrogens with one attached hydrogen (secondary N) is 1. The van der Waals surface area contributed by atoms with Crippen molar-refractivity contribution in [2.45, 2.75) is 18.9 Å². The Bertz CT molecular complexity index is 1020. The van der Waals surface area contributed by atoms with E-state index in [1.165, 1.54) is 21.3 Å². The molecule has 0 saturated carbocycles. The van der Waals surface area contributed by atoms with Crippen LogP contribution in [0.5, 0.6) is 17.2 Å². The van der Waals surface area contributed by atoms with E-state index in [1.54, 1.807) is 12.1 Å². The SMILES string of the molecule is COc1ccc(C(=O)NCC2CCCN2c2nc3ccccc3o2)c(OC)c1OC. The van der Waals surface area contributed by atoms with Gasteiger partial charge in [-0.1, -0.05) is 12.1 Å². The number of amides is 1. The highest BCUT2D eigenvalue weighted by Crippen LogP contribution is 2.39. The summed E-state index contributed by atoms with van der Waals surface area (Å²) in [7, 11) is 4.55. The maximum Gasteiger partial charge on any atom is 0.298 e. The lowest BCUT2D eigenvalue weighted by Gasteiger charge is -2.23. The maximum absolute atomic E-state index is 12.9. The maximum atomic E-state index is 12.9. The van der Waals surface area contributed by atoms with Crippen molar-refractivity contribution in [3.8, 4) is 17.2 Å². The summed E-state index contributed by atoms with van der Waals surface area (Å²) < 4.78 is 22.0. The number of benzene rings is 2. The molecule has 2 heterocycles. The molecular weight excluding hydrogens is 386 g/mol. The summed E-state index contributed by atoms with van der Waals surface area (Å²) in [6, 6.07) is 11.8. The molecule has 1 aromatic heterocycles. The molecule has 1 fully saturated rings. The fourth-order valence-electron chi connectivity index (χ4n) is 3.87. The molecule has 1 aliphatic rings. The number of nitrogens with zero attached hydrogens (tertiary/aromatic N) is 2. The smallest absolute Gasteiger partial charge is 0.298 e. The van der Waals surface area contributed by atoms with Gasteiger partial charge in [0, 0.05) is 13.1 Å². The summed E-state index contributed by atoms with van der Waals surface area (Å²) in [6.45, 7) is 1.31. The topological polar surface area (TPSA) is 86.1 Å². The van der Waals surface area contributed by atoms with Crippen LogP contribution in [0.1, 0.15) is 23.2 Å². The molecule has 1 amide bonds. The van der Waals surface area contributed by atoms with E-state index in [4.69, 9.17) is 18.6 Å². The third-order valence-corrected chi connectivity index (χ3v) is 5.35. The Morgan fingerprint density at radius 2 is 1.93 bits per heavy atom. The normalized spacial score (nSPS) is 16.0. The van der Waals surface area contributed by atoms with Gasteiger partial charge in [-0.25, -0.2) is 0 Å². The number of para-hydroxylation sites is 2. The second-order valence-electron chi connectivity index (χ2n) is 7.05. The fourth-order valence-corrected chi connectivity index (χ4v) is 3.87. The van der Waals surface area contributed by atoms with Crippen LogP contribution < -0.4 is 24.4 Å². The van der Waals surface area contributed by atoms with Gasteiger partial charge < -0.3 is 28.8 Å². The van der Waals surface area contributed by atoms with Crippen molar-refractivity contribution in [2.75, 3.05) is 39.3 Å². The zero-order valence-corrected chi connectivity index (χ0v) is 17.3. The Kier molecular flexibility index (Phi) is 5.65. The van der Waals surface area contributed by atoms with Gasteiger partial charge in [-0.15, -0.1) is 0 Å². The van der Waals surface area contributed by atoms with Gasteiger partial charge in [-0.3, -0.25) is 4.79 Å². The molecular formula is C22H25N3O5. The number of ether oxygens (including phenoxy) is 3. The average Bonchev–Trinajstić information content (AvgIpc) is 3.42. The van der Waals surface area contributed by atoms with E-state index in [-0.39, 0.29) is 11.9 Å². The van der Waals surface area contributed by atoms with Crippen LogP contribution in [0.25, 0.3) is 11.1 Å². The number of aromatic nitrogens is 1. The van der Waals surface area contributed by atoms with E-state index in [0.717, 1.165) is 30.5 Å². The molecule has 30 heavy (non-hydrogen) atoms. The van der Waals surface area contributed by atoms with Crippen molar-refractivity contribution in [2.24, 2.45) is 0 Å². The van der Waals surface area contributed by atoms with E-state index < -0.39 is 0 Å². The van der Waals surface area contributed by atoms with E-state index in [2.05, 4.69) is 15.2 Å². The molecule has 8 heteroatoms. The lowest BCUT2D eigenvalue weighted by molar-refractivity contribution is 0.0947. The Labute approximate surface area is 174 Å². The molecule has 0 spiro atoms. The summed E-state index contributed by atoms with van der Waals surface area (Å²) in [6.07, 6.45) is 1.96. The molecule has 1 unspecified atom stereocenters. The number of rotatable bonds is 7. The van der Waals surface area contributed by atoms with Gasteiger partial charge in [0.25, 0.3) is 11.9 Å². The molecule has 4 rings (SSSR count). The first-order chi connectivity index (χ1) is 14.7. The number of anilines is 1. The van der Waals surface area contributed by atoms with Crippen molar-refractivity contribution in [1.82, 2.24) is 10.3 Å². The molecule has 3 aromatic rings. The van der Waals surface area contributed by atoms with Crippen LogP contribution >= 0.6 is 0 Å². The summed E-state index contributed by atoms with van der Waals surface area (Å²) in [5.74, 6) is 0.999. The zero-order valence-electron chi connectivity index (χ0n) is 17.3. The molecule has 0 radical (unpaired) electrons. The Morgan fingerprint density at radius 3 is 2.67 bits per heavy atom. The molecule has 8 nitrogen and oxygen atoms in total. The second kappa shape index (κ2) is 8.52. The van der Waals surface area contributed by atoms with Crippen LogP contribution in [0.2, 0.25) is 0 Å². The first kappa shape index (κ1) is 19.9. The van der Waals surface area contributed by atoms with Crippen molar-refractivity contribution in [3.05, 3.63) is 42.0 Å². The van der Waals surface area contributed by atoms with Crippen LogP contribution in [0, 0.1) is 0 Å². The first-order valence-electron chi connectivity index (χ1n) is 9.85. The van der Waals surface area contributed by atoms with Crippen LogP contribution in [0.15, 0.2) is 40.8 Å². The van der Waals surface area contributed by atoms with Crippen molar-refractivity contribution in [3.63, 3.8) is 0 Å². The lowest BCUT2D eigenvalue weighted by Crippen LogP contribution is -2.40. The van der Waals surface area contributed by atoms with E-state index in [9.17, 15) is 4.79 Å². The quantitative estimate of drug-likeness (QED) is 0.639. The monoisotopic (exact) mass is 411 g/mol. The van der Waals surface area contributed by atoms with Gasteiger partial charge in [0.05, 0.1) is 32.9 Å². The number of hydrogen-bond donors (Lipinski definition) is 1. The number of fused-ring (bicyclic) bond motifs is 1. The predicted octanol–water partition coefficient (Wildman–Crippen LogP) is 3.25. The van der Waals surface area contributed by atoms with Crippen molar-refractivity contribution in [1.29, 1.82) is 0 Å². The minimum atomic E-state index is -0.239. The third-order valence-electron chi connectivity index (χ3n) is 5.35. The highest BCUT2D eigenvalue weighted by molar-refractivity contribution is 5.98. The van der Waals surface area contributed by atoms with Crippen molar-refractivity contribution < 1.29 is 23.4 Å². The summed E-state index contributed by atoms with van der Waals surface area (Å²) in [5.41, 5.74) is 1.98. The zero-order chi connectivity index (χ0) is 21.1. The Hall–Kier alpha value is -3.42. The number of carbonyl (C=O) groups is 1. The van der Waals surface area contributed by atoms with Gasteiger partial charge in [0.1, 0.15) is 5.52 Å². The number of hydrogen-bond acceptors (Lipinski definition) is 7. The van der Waals surface area contributed by atoms with E-state index in [1.807, 2.05) is 24.3 Å². The molecule has 0 aliphatic carbocycles. The van der Waals surface area contributed by atoms with Gasteiger partial charge in [-0.05, 0) is 37.1 Å². The lowest BCUT2D eigenvalue weighted by atomic mass is 10.1. The number of carbonyl (C=O) groups excluding carboxylic acids is 1. The third kappa shape index (κ3) is 3.60. The molecule has 158 valence electrons. The van der Waals surface area contributed by atoms with Crippen LogP contribution in [0.4, 0.5) is 6.01 Å². The summed E-state index contributed by atoms with van der Waals surface area (Å²) in [5, 5.41) is 3.01. The standard InChI is InChI=1S/C22H25N3O5/c1-27-18-11-10-15(19(28-2)20(18)29-3)21(26)23-13-14-7-6-12-25(14)22-24-16-8-4-5-9-17(16)30-22/h4-5,8-11,14H,6-7,12-13H2,1-3H3,(H,23,26). The second-order valence-corrected chi connectivity index (χ2v) is 7.05.